The molecule has 0 aliphatic heterocycles. The summed E-state index contributed by atoms with van der Waals surface area (Å²) in [4.78, 5) is 4.80. The zero-order chi connectivity index (χ0) is 31.3. The molecule has 0 spiro atoms. The summed E-state index contributed by atoms with van der Waals surface area (Å²) >= 11 is 3.75. The first-order chi connectivity index (χ1) is 23.2. The second kappa shape index (κ2) is 11.6. The molecule has 1 aliphatic rings. The Morgan fingerprint density at radius 3 is 1.83 bits per heavy atom. The number of allylic oxidation sites excluding steroid dienone is 3. The first-order valence-electron chi connectivity index (χ1n) is 16.2. The molecule has 0 saturated carbocycles. The Kier molecular flexibility index (Phi) is 6.92. The predicted molar refractivity (Wildman–Crippen MR) is 207 cm³/mol. The molecular formula is C43H32N2S2. The summed E-state index contributed by atoms with van der Waals surface area (Å²) in [5, 5.41) is 5.27. The third-order valence-electron chi connectivity index (χ3n) is 9.13. The van der Waals surface area contributed by atoms with E-state index in [1.165, 1.54) is 74.4 Å². The number of para-hydroxylation sites is 2. The minimum atomic E-state index is 1.06. The van der Waals surface area contributed by atoms with Gasteiger partial charge in [0, 0.05) is 74.5 Å². The Hall–Kier alpha value is -5.16. The smallest absolute Gasteiger partial charge is 0.0478 e. The zero-order valence-corrected chi connectivity index (χ0v) is 27.7. The van der Waals surface area contributed by atoms with Gasteiger partial charge in [0.1, 0.15) is 0 Å². The number of hydrogen-bond donors (Lipinski definition) is 0. The molecule has 0 N–H and O–H groups in total. The Balaban J connectivity index is 1.20. The number of fused-ring (bicyclic) bond motifs is 6. The topological polar surface area (TPSA) is 6.48 Å². The van der Waals surface area contributed by atoms with Crippen molar-refractivity contribution in [2.24, 2.45) is 0 Å². The van der Waals surface area contributed by atoms with E-state index in [0.29, 0.717) is 0 Å². The molecule has 0 radical (unpaired) electrons. The highest BCUT2D eigenvalue weighted by Gasteiger charge is 2.20. The molecule has 8 aromatic rings. The summed E-state index contributed by atoms with van der Waals surface area (Å²) in [5.74, 6) is 0. The number of aryl methyl sites for hydroxylation is 1. The van der Waals surface area contributed by atoms with Gasteiger partial charge >= 0.3 is 0 Å². The molecule has 0 amide bonds. The van der Waals surface area contributed by atoms with Crippen molar-refractivity contribution in [2.75, 3.05) is 9.80 Å². The first kappa shape index (κ1) is 28.1. The van der Waals surface area contributed by atoms with Crippen molar-refractivity contribution in [3.8, 4) is 0 Å². The van der Waals surface area contributed by atoms with Crippen LogP contribution in [-0.2, 0) is 0 Å². The standard InChI is InChI=1S/C43H32N2S2/c1-29-25-35(45(32-17-9-4-10-18-32)33-21-23-40-37(26-33)36-19-11-12-20-39(36)46-40)28-42-43(29)38-27-34(22-24-41(38)47-42)44(30-13-5-2-6-14-30)31-15-7-3-8-16-31/h2,4-7,9-28H,3,8H2,1H3. The van der Waals surface area contributed by atoms with Gasteiger partial charge in [-0.05, 0) is 110 Å². The van der Waals surface area contributed by atoms with Gasteiger partial charge in [-0.1, -0.05) is 66.7 Å². The average Bonchev–Trinajstić information content (AvgIpc) is 3.68. The van der Waals surface area contributed by atoms with Crippen LogP contribution in [0.4, 0.5) is 28.4 Å². The van der Waals surface area contributed by atoms with Crippen LogP contribution in [0.1, 0.15) is 18.4 Å². The van der Waals surface area contributed by atoms with Crippen LogP contribution in [0.15, 0.2) is 157 Å². The molecule has 2 aromatic heterocycles. The fourth-order valence-corrected chi connectivity index (χ4v) is 9.30. The molecule has 2 heterocycles. The second-order valence-corrected chi connectivity index (χ2v) is 14.3. The Labute approximate surface area is 282 Å². The normalized spacial score (nSPS) is 13.1. The monoisotopic (exact) mass is 640 g/mol. The summed E-state index contributed by atoms with van der Waals surface area (Å²) in [7, 11) is 0. The molecule has 226 valence electrons. The summed E-state index contributed by atoms with van der Waals surface area (Å²) < 4.78 is 5.26. The molecule has 0 atom stereocenters. The molecular weight excluding hydrogens is 609 g/mol. The number of nitrogens with zero attached hydrogens (tertiary/aromatic N) is 2. The second-order valence-electron chi connectivity index (χ2n) is 12.1. The van der Waals surface area contributed by atoms with Crippen molar-refractivity contribution in [3.05, 3.63) is 163 Å². The van der Waals surface area contributed by atoms with Crippen LogP contribution in [0, 0.1) is 6.92 Å². The maximum Gasteiger partial charge on any atom is 0.0478 e. The van der Waals surface area contributed by atoms with E-state index < -0.39 is 0 Å². The molecule has 0 bridgehead atoms. The van der Waals surface area contributed by atoms with E-state index in [0.717, 1.165) is 18.5 Å². The van der Waals surface area contributed by atoms with E-state index in [4.69, 9.17) is 0 Å². The zero-order valence-electron chi connectivity index (χ0n) is 26.1. The van der Waals surface area contributed by atoms with Crippen LogP contribution in [0.3, 0.4) is 0 Å². The Morgan fingerprint density at radius 2 is 1.09 bits per heavy atom. The van der Waals surface area contributed by atoms with Crippen LogP contribution in [0.5, 0.6) is 0 Å². The fraction of sp³-hybridized carbons (Fsp3) is 0.0698. The van der Waals surface area contributed by atoms with Gasteiger partial charge in [-0.25, -0.2) is 0 Å². The Bertz CT molecular complexity index is 2490. The van der Waals surface area contributed by atoms with E-state index in [1.54, 1.807) is 0 Å². The van der Waals surface area contributed by atoms with Crippen molar-refractivity contribution >= 4 is 91.5 Å². The first-order valence-corrected chi connectivity index (χ1v) is 17.8. The lowest BCUT2D eigenvalue weighted by atomic mass is 10.0. The van der Waals surface area contributed by atoms with Crippen molar-refractivity contribution in [3.63, 3.8) is 0 Å². The Morgan fingerprint density at radius 1 is 0.468 bits per heavy atom. The number of benzene rings is 6. The highest BCUT2D eigenvalue weighted by atomic mass is 32.1. The quantitative estimate of drug-likeness (QED) is 0.178. The molecule has 1 aliphatic carbocycles. The summed E-state index contributed by atoms with van der Waals surface area (Å²) in [6, 6.07) is 48.9. The van der Waals surface area contributed by atoms with E-state index in [2.05, 4.69) is 168 Å². The lowest BCUT2D eigenvalue weighted by Gasteiger charge is -2.27. The van der Waals surface area contributed by atoms with Crippen LogP contribution in [0.2, 0.25) is 0 Å². The van der Waals surface area contributed by atoms with Crippen LogP contribution in [0.25, 0.3) is 40.3 Å². The number of thiophene rings is 2. The molecule has 2 nitrogen and oxygen atoms in total. The molecule has 0 fully saturated rings. The predicted octanol–water partition coefficient (Wildman–Crippen LogP) is 13.6. The maximum atomic E-state index is 2.41. The highest BCUT2D eigenvalue weighted by molar-refractivity contribution is 7.26. The summed E-state index contributed by atoms with van der Waals surface area (Å²) in [6.45, 7) is 2.27. The average molecular weight is 641 g/mol. The maximum absolute atomic E-state index is 2.41. The van der Waals surface area contributed by atoms with Crippen molar-refractivity contribution in [1.29, 1.82) is 0 Å². The molecule has 0 unspecified atom stereocenters. The van der Waals surface area contributed by atoms with Crippen LogP contribution < -0.4 is 9.80 Å². The molecule has 47 heavy (non-hydrogen) atoms. The van der Waals surface area contributed by atoms with Crippen LogP contribution >= 0.6 is 22.7 Å². The molecule has 9 rings (SSSR count). The minimum absolute atomic E-state index is 1.06. The lowest BCUT2D eigenvalue weighted by molar-refractivity contribution is 0.997. The SMILES string of the molecule is Cc1cc(N(c2ccccc2)c2ccc3sc4ccccc4c3c2)cc2sc3ccc(N(C4=CCCC=C4)c4ccccc4)cc3c12. The van der Waals surface area contributed by atoms with Gasteiger partial charge in [-0.15, -0.1) is 22.7 Å². The van der Waals surface area contributed by atoms with E-state index >= 15 is 0 Å². The van der Waals surface area contributed by atoms with Gasteiger partial charge in [0.15, 0.2) is 0 Å². The third-order valence-corrected chi connectivity index (χ3v) is 11.4. The van der Waals surface area contributed by atoms with E-state index in [1.807, 2.05) is 22.7 Å². The van der Waals surface area contributed by atoms with Crippen molar-refractivity contribution < 1.29 is 0 Å². The van der Waals surface area contributed by atoms with Crippen molar-refractivity contribution in [1.82, 2.24) is 0 Å². The highest BCUT2D eigenvalue weighted by Crippen LogP contribution is 2.45. The largest absolute Gasteiger partial charge is 0.311 e. The summed E-state index contributed by atoms with van der Waals surface area (Å²) in [6.07, 6.45) is 9.06. The molecule has 6 aromatic carbocycles. The van der Waals surface area contributed by atoms with Gasteiger partial charge < -0.3 is 9.80 Å². The lowest BCUT2D eigenvalue weighted by Crippen LogP contribution is -2.16. The van der Waals surface area contributed by atoms with Gasteiger partial charge in [0.2, 0.25) is 0 Å². The van der Waals surface area contributed by atoms with E-state index in [-0.39, 0.29) is 0 Å². The number of hydrogen-bond acceptors (Lipinski definition) is 4. The molecule has 4 heteroatoms. The van der Waals surface area contributed by atoms with Crippen molar-refractivity contribution in [2.45, 2.75) is 19.8 Å². The molecule has 0 saturated heterocycles. The van der Waals surface area contributed by atoms with Gasteiger partial charge in [0.25, 0.3) is 0 Å². The fourth-order valence-electron chi connectivity index (χ4n) is 7.02. The van der Waals surface area contributed by atoms with Gasteiger partial charge in [-0.3, -0.25) is 0 Å². The number of rotatable bonds is 6. The minimum Gasteiger partial charge on any atom is -0.311 e. The van der Waals surface area contributed by atoms with Crippen LogP contribution in [-0.4, -0.2) is 0 Å². The van der Waals surface area contributed by atoms with Gasteiger partial charge in [0.05, 0.1) is 0 Å². The third kappa shape index (κ3) is 4.93. The van der Waals surface area contributed by atoms with E-state index in [9.17, 15) is 0 Å². The van der Waals surface area contributed by atoms with Gasteiger partial charge in [-0.2, -0.15) is 0 Å². The number of anilines is 5. The summed E-state index contributed by atoms with van der Waals surface area (Å²) in [5.41, 5.74) is 8.38.